The fraction of sp³-hybridized carbons (Fsp3) is 0.571. The molecule has 0 aromatic heterocycles. The van der Waals surface area contributed by atoms with Gasteiger partial charge in [0.25, 0.3) is 0 Å². The van der Waals surface area contributed by atoms with Gasteiger partial charge in [0.2, 0.25) is 0 Å². The number of aryl methyl sites for hydroxylation is 2. The van der Waals surface area contributed by atoms with Crippen molar-refractivity contribution >= 4 is 0 Å². The monoisotopic (exact) mass is 235 g/mol. The Morgan fingerprint density at radius 2 is 2.06 bits per heavy atom. The Morgan fingerprint density at radius 3 is 2.71 bits per heavy atom. The van der Waals surface area contributed by atoms with Crippen molar-refractivity contribution in [2.75, 3.05) is 26.4 Å². The predicted octanol–water partition coefficient (Wildman–Crippen LogP) is 1.50. The van der Waals surface area contributed by atoms with Crippen molar-refractivity contribution in [3.8, 4) is 0 Å². The number of aliphatic hydroxyl groups is 1. The maximum Gasteiger partial charge on any atom is 0.0644 e. The lowest BCUT2D eigenvalue weighted by Crippen LogP contribution is -2.47. The lowest BCUT2D eigenvalue weighted by molar-refractivity contribution is -0.0314. The smallest absolute Gasteiger partial charge is 0.0644 e. The van der Waals surface area contributed by atoms with Crippen LogP contribution in [0.2, 0.25) is 0 Å². The van der Waals surface area contributed by atoms with Crippen LogP contribution in [0.25, 0.3) is 0 Å². The summed E-state index contributed by atoms with van der Waals surface area (Å²) in [6.07, 6.45) is 0. The van der Waals surface area contributed by atoms with E-state index in [2.05, 4.69) is 36.9 Å². The van der Waals surface area contributed by atoms with Crippen LogP contribution in [-0.4, -0.2) is 42.4 Å². The number of benzene rings is 1. The molecule has 0 amide bonds. The Bertz CT molecular complexity index is 358. The second-order valence-corrected chi connectivity index (χ2v) is 4.75. The zero-order chi connectivity index (χ0) is 12.3. The summed E-state index contributed by atoms with van der Waals surface area (Å²) in [5.74, 6) is 0. The van der Waals surface area contributed by atoms with E-state index in [0.29, 0.717) is 6.61 Å². The van der Waals surface area contributed by atoms with Gasteiger partial charge in [-0.2, -0.15) is 0 Å². The standard InChI is InChI=1S/C14H21NO2/c1-11-4-3-5-12(2)14(11)8-15-6-7-17-10-13(15)9-16/h3-5,13,16H,6-10H2,1-2H3. The Morgan fingerprint density at radius 1 is 1.35 bits per heavy atom. The third-order valence-corrected chi connectivity index (χ3v) is 3.57. The average molecular weight is 235 g/mol. The number of hydrogen-bond acceptors (Lipinski definition) is 3. The lowest BCUT2D eigenvalue weighted by Gasteiger charge is -2.35. The van der Waals surface area contributed by atoms with E-state index in [9.17, 15) is 5.11 Å². The zero-order valence-corrected chi connectivity index (χ0v) is 10.6. The van der Waals surface area contributed by atoms with Crippen molar-refractivity contribution in [1.82, 2.24) is 4.90 Å². The van der Waals surface area contributed by atoms with Crippen LogP contribution in [0.4, 0.5) is 0 Å². The predicted molar refractivity (Wildman–Crippen MR) is 68.0 cm³/mol. The van der Waals surface area contributed by atoms with E-state index < -0.39 is 0 Å². The Hall–Kier alpha value is -0.900. The summed E-state index contributed by atoms with van der Waals surface area (Å²) in [4.78, 5) is 2.32. The second kappa shape index (κ2) is 5.63. The van der Waals surface area contributed by atoms with Crippen molar-refractivity contribution in [2.45, 2.75) is 26.4 Å². The molecule has 1 unspecified atom stereocenters. The number of aliphatic hydroxyl groups excluding tert-OH is 1. The quantitative estimate of drug-likeness (QED) is 0.861. The van der Waals surface area contributed by atoms with Gasteiger partial charge in [-0.3, -0.25) is 4.90 Å². The molecule has 1 N–H and O–H groups in total. The van der Waals surface area contributed by atoms with Gasteiger partial charge in [0.05, 0.1) is 25.9 Å². The van der Waals surface area contributed by atoms with Gasteiger partial charge in [0.15, 0.2) is 0 Å². The summed E-state index contributed by atoms with van der Waals surface area (Å²) in [7, 11) is 0. The van der Waals surface area contributed by atoms with Crippen molar-refractivity contribution < 1.29 is 9.84 Å². The molecule has 0 aliphatic carbocycles. The van der Waals surface area contributed by atoms with Crippen LogP contribution in [0.5, 0.6) is 0 Å². The fourth-order valence-electron chi connectivity index (χ4n) is 2.37. The van der Waals surface area contributed by atoms with Crippen molar-refractivity contribution in [2.24, 2.45) is 0 Å². The normalized spacial score (nSPS) is 21.7. The average Bonchev–Trinajstić information content (AvgIpc) is 2.34. The number of hydrogen-bond donors (Lipinski definition) is 1. The third-order valence-electron chi connectivity index (χ3n) is 3.57. The number of morpholine rings is 1. The van der Waals surface area contributed by atoms with E-state index in [1.165, 1.54) is 16.7 Å². The Kier molecular flexibility index (Phi) is 4.15. The molecule has 1 aromatic carbocycles. The van der Waals surface area contributed by atoms with E-state index >= 15 is 0 Å². The summed E-state index contributed by atoms with van der Waals surface area (Å²) in [6, 6.07) is 6.53. The van der Waals surface area contributed by atoms with Gasteiger partial charge in [0, 0.05) is 13.1 Å². The molecule has 94 valence electrons. The van der Waals surface area contributed by atoms with E-state index in [-0.39, 0.29) is 12.6 Å². The fourth-order valence-corrected chi connectivity index (χ4v) is 2.37. The molecule has 1 saturated heterocycles. The van der Waals surface area contributed by atoms with Crippen LogP contribution in [0.15, 0.2) is 18.2 Å². The van der Waals surface area contributed by atoms with E-state index in [1.54, 1.807) is 0 Å². The van der Waals surface area contributed by atoms with Gasteiger partial charge in [-0.15, -0.1) is 0 Å². The molecule has 1 fully saturated rings. The van der Waals surface area contributed by atoms with Crippen molar-refractivity contribution in [3.63, 3.8) is 0 Å². The van der Waals surface area contributed by atoms with Gasteiger partial charge in [0.1, 0.15) is 0 Å². The minimum Gasteiger partial charge on any atom is -0.395 e. The highest BCUT2D eigenvalue weighted by molar-refractivity contribution is 5.33. The van der Waals surface area contributed by atoms with Gasteiger partial charge < -0.3 is 9.84 Å². The summed E-state index contributed by atoms with van der Waals surface area (Å²) >= 11 is 0. The van der Waals surface area contributed by atoms with Crippen molar-refractivity contribution in [3.05, 3.63) is 34.9 Å². The molecule has 17 heavy (non-hydrogen) atoms. The van der Waals surface area contributed by atoms with Crippen molar-refractivity contribution in [1.29, 1.82) is 0 Å². The molecule has 1 heterocycles. The van der Waals surface area contributed by atoms with E-state index in [1.807, 2.05) is 0 Å². The topological polar surface area (TPSA) is 32.7 Å². The van der Waals surface area contributed by atoms with E-state index in [4.69, 9.17) is 4.74 Å². The first-order valence-electron chi connectivity index (χ1n) is 6.20. The molecule has 3 nitrogen and oxygen atoms in total. The highest BCUT2D eigenvalue weighted by Crippen LogP contribution is 2.18. The van der Waals surface area contributed by atoms with Crippen LogP contribution in [-0.2, 0) is 11.3 Å². The summed E-state index contributed by atoms with van der Waals surface area (Å²) in [5.41, 5.74) is 4.04. The molecule has 1 aliphatic rings. The van der Waals surface area contributed by atoms with E-state index in [0.717, 1.165) is 19.7 Å². The molecule has 1 aromatic rings. The van der Waals surface area contributed by atoms with Crippen LogP contribution in [0.1, 0.15) is 16.7 Å². The molecule has 0 radical (unpaired) electrons. The van der Waals surface area contributed by atoms with Crippen LogP contribution >= 0.6 is 0 Å². The first-order chi connectivity index (χ1) is 8.22. The summed E-state index contributed by atoms with van der Waals surface area (Å²) in [6.45, 7) is 7.69. The molecule has 0 bridgehead atoms. The first kappa shape index (κ1) is 12.6. The van der Waals surface area contributed by atoms with Gasteiger partial charge >= 0.3 is 0 Å². The summed E-state index contributed by atoms with van der Waals surface area (Å²) < 4.78 is 5.40. The third kappa shape index (κ3) is 2.86. The molecule has 1 atom stereocenters. The Labute approximate surface area is 103 Å². The molecule has 2 rings (SSSR count). The first-order valence-corrected chi connectivity index (χ1v) is 6.20. The lowest BCUT2D eigenvalue weighted by atomic mass is 10.0. The molecule has 1 aliphatic heterocycles. The number of rotatable bonds is 3. The van der Waals surface area contributed by atoms with Gasteiger partial charge in [-0.25, -0.2) is 0 Å². The number of ether oxygens (including phenoxy) is 1. The van der Waals surface area contributed by atoms with Gasteiger partial charge in [-0.05, 0) is 30.5 Å². The maximum absolute atomic E-state index is 9.36. The molecular formula is C14H21NO2. The molecular weight excluding hydrogens is 214 g/mol. The SMILES string of the molecule is Cc1cccc(C)c1CN1CCOCC1CO. The largest absolute Gasteiger partial charge is 0.395 e. The minimum absolute atomic E-state index is 0.141. The summed E-state index contributed by atoms with van der Waals surface area (Å²) in [5, 5.41) is 9.36. The maximum atomic E-state index is 9.36. The number of nitrogens with zero attached hydrogens (tertiary/aromatic N) is 1. The highest BCUT2D eigenvalue weighted by Gasteiger charge is 2.22. The molecule has 0 spiro atoms. The van der Waals surface area contributed by atoms with Gasteiger partial charge in [-0.1, -0.05) is 18.2 Å². The highest BCUT2D eigenvalue weighted by atomic mass is 16.5. The zero-order valence-electron chi connectivity index (χ0n) is 10.6. The van der Waals surface area contributed by atoms with Crippen LogP contribution in [0.3, 0.4) is 0 Å². The molecule has 0 saturated carbocycles. The second-order valence-electron chi connectivity index (χ2n) is 4.75. The Balaban J connectivity index is 2.13. The molecule has 3 heteroatoms. The van der Waals surface area contributed by atoms with Crippen LogP contribution in [0, 0.1) is 13.8 Å². The van der Waals surface area contributed by atoms with Crippen LogP contribution < -0.4 is 0 Å². The minimum atomic E-state index is 0.141.